The molecule has 0 radical (unpaired) electrons. The Kier molecular flexibility index (Phi) is 5.42. The van der Waals surface area contributed by atoms with Gasteiger partial charge in [-0.05, 0) is 45.6 Å². The molecule has 0 spiro atoms. The topological polar surface area (TPSA) is 142 Å². The summed E-state index contributed by atoms with van der Waals surface area (Å²) < 4.78 is 5.36. The summed E-state index contributed by atoms with van der Waals surface area (Å²) in [5.41, 5.74) is 13.3. The Labute approximate surface area is 145 Å². The molecule has 2 rings (SSSR count). The molecule has 3 atom stereocenters. The molecule has 0 unspecified atom stereocenters. The van der Waals surface area contributed by atoms with E-state index in [4.69, 9.17) is 16.0 Å². The van der Waals surface area contributed by atoms with Crippen LogP contribution in [-0.2, 0) is 14.3 Å². The highest BCUT2D eigenvalue weighted by molar-refractivity contribution is 5.91. The molecule has 0 aromatic carbocycles. The van der Waals surface area contributed by atoms with Crippen molar-refractivity contribution in [3.05, 3.63) is 10.4 Å². The summed E-state index contributed by atoms with van der Waals surface area (Å²) in [6.07, 6.45) is 0.749. The highest BCUT2D eigenvalue weighted by atomic mass is 16.6. The van der Waals surface area contributed by atoms with Crippen LogP contribution in [0, 0.1) is 0 Å². The monoisotopic (exact) mass is 352 g/mol. The van der Waals surface area contributed by atoms with Crippen LogP contribution >= 0.6 is 0 Å². The van der Waals surface area contributed by atoms with Crippen LogP contribution in [0.3, 0.4) is 0 Å². The quantitative estimate of drug-likeness (QED) is 0.462. The predicted octanol–water partition coefficient (Wildman–Crippen LogP) is 1.15. The van der Waals surface area contributed by atoms with Crippen LogP contribution in [-0.4, -0.2) is 64.5 Å². The number of hydrogen-bond donors (Lipinski definition) is 1. The fourth-order valence-corrected chi connectivity index (χ4v) is 3.24. The van der Waals surface area contributed by atoms with Crippen LogP contribution in [0.2, 0.25) is 0 Å². The van der Waals surface area contributed by atoms with E-state index in [1.54, 1.807) is 20.8 Å². The average Bonchev–Trinajstić information content (AvgIpc) is 3.11. The van der Waals surface area contributed by atoms with E-state index in [0.717, 1.165) is 0 Å². The van der Waals surface area contributed by atoms with Crippen LogP contribution in [0.25, 0.3) is 10.4 Å². The van der Waals surface area contributed by atoms with Crippen LogP contribution in [0.1, 0.15) is 40.0 Å². The molecule has 10 nitrogen and oxygen atoms in total. The second-order valence-electron chi connectivity index (χ2n) is 7.33. The lowest BCUT2D eigenvalue weighted by atomic mass is 10.1. The van der Waals surface area contributed by atoms with Crippen molar-refractivity contribution in [2.75, 3.05) is 13.1 Å². The summed E-state index contributed by atoms with van der Waals surface area (Å²) in [6, 6.07) is -2.00. The summed E-state index contributed by atoms with van der Waals surface area (Å²) in [5.74, 6) is -0.915. The van der Waals surface area contributed by atoms with Crippen molar-refractivity contribution >= 4 is 17.9 Å². The van der Waals surface area contributed by atoms with E-state index in [1.165, 1.54) is 9.80 Å². The standard InChI is InChI=1S/C15H24N6O4/c1-15(2,3)25-14(24)21-8-9(18-19-17)7-11(21)13(23)20-6-4-5-10(20)12(16)22/h9-11H,4-8H2,1-3H3,(H2,16,22)/t9-,10-,11-/m0/s1. The van der Waals surface area contributed by atoms with Gasteiger partial charge in [0, 0.05) is 18.0 Å². The lowest BCUT2D eigenvalue weighted by Gasteiger charge is -2.31. The number of likely N-dealkylation sites (tertiary alicyclic amines) is 2. The van der Waals surface area contributed by atoms with Gasteiger partial charge in [-0.25, -0.2) is 4.79 Å². The van der Waals surface area contributed by atoms with Gasteiger partial charge in [-0.15, -0.1) is 0 Å². The number of azide groups is 1. The van der Waals surface area contributed by atoms with Gasteiger partial charge in [-0.3, -0.25) is 14.5 Å². The molecule has 2 N–H and O–H groups in total. The van der Waals surface area contributed by atoms with Crippen LogP contribution in [0.4, 0.5) is 4.79 Å². The number of amides is 3. The molecule has 2 fully saturated rings. The zero-order chi connectivity index (χ0) is 18.8. The van der Waals surface area contributed by atoms with Crippen LogP contribution < -0.4 is 5.73 Å². The fraction of sp³-hybridized carbons (Fsp3) is 0.800. The summed E-state index contributed by atoms with van der Waals surface area (Å²) >= 11 is 0. The minimum Gasteiger partial charge on any atom is -0.444 e. The maximum atomic E-state index is 12.9. The molecule has 2 heterocycles. The van der Waals surface area contributed by atoms with Gasteiger partial charge in [-0.2, -0.15) is 0 Å². The second-order valence-corrected chi connectivity index (χ2v) is 7.33. The van der Waals surface area contributed by atoms with Crippen molar-refractivity contribution in [1.82, 2.24) is 9.80 Å². The lowest BCUT2D eigenvalue weighted by molar-refractivity contribution is -0.140. The Balaban J connectivity index is 2.21. The molecule has 25 heavy (non-hydrogen) atoms. The number of primary amides is 1. The predicted molar refractivity (Wildman–Crippen MR) is 88.2 cm³/mol. The van der Waals surface area contributed by atoms with Gasteiger partial charge in [0.25, 0.3) is 0 Å². The van der Waals surface area contributed by atoms with Crippen LogP contribution in [0.5, 0.6) is 0 Å². The fourth-order valence-electron chi connectivity index (χ4n) is 3.24. The van der Waals surface area contributed by atoms with Gasteiger partial charge in [0.1, 0.15) is 17.7 Å². The van der Waals surface area contributed by atoms with Gasteiger partial charge < -0.3 is 15.4 Å². The van der Waals surface area contributed by atoms with E-state index < -0.39 is 35.7 Å². The summed E-state index contributed by atoms with van der Waals surface area (Å²) in [6.45, 7) is 5.70. The summed E-state index contributed by atoms with van der Waals surface area (Å²) in [4.78, 5) is 42.4. The molecule has 138 valence electrons. The molecule has 0 saturated carbocycles. The third kappa shape index (κ3) is 4.33. The number of ether oxygens (including phenoxy) is 1. The molecule has 0 bridgehead atoms. The van der Waals surface area contributed by atoms with Crippen molar-refractivity contribution in [1.29, 1.82) is 0 Å². The minimum atomic E-state index is -0.828. The van der Waals surface area contributed by atoms with E-state index in [0.29, 0.717) is 19.4 Å². The largest absolute Gasteiger partial charge is 0.444 e. The molecule has 10 heteroatoms. The van der Waals surface area contributed by atoms with E-state index >= 15 is 0 Å². The Hall–Kier alpha value is -2.48. The number of carbonyl (C=O) groups is 3. The Morgan fingerprint density at radius 2 is 1.92 bits per heavy atom. The van der Waals surface area contributed by atoms with Gasteiger partial charge in [-0.1, -0.05) is 5.11 Å². The van der Waals surface area contributed by atoms with Crippen molar-refractivity contribution in [3.63, 3.8) is 0 Å². The molecular formula is C15H24N6O4. The number of hydrogen-bond acceptors (Lipinski definition) is 5. The highest BCUT2D eigenvalue weighted by Crippen LogP contribution is 2.28. The van der Waals surface area contributed by atoms with E-state index in [2.05, 4.69) is 10.0 Å². The van der Waals surface area contributed by atoms with Gasteiger partial charge >= 0.3 is 6.09 Å². The SMILES string of the molecule is CC(C)(C)OC(=O)N1C[C@@H](N=[N+]=[N-])C[C@H]1C(=O)N1CCC[C@H]1C(N)=O. The first kappa shape index (κ1) is 18.9. The highest BCUT2D eigenvalue weighted by Gasteiger charge is 2.45. The molecular weight excluding hydrogens is 328 g/mol. The summed E-state index contributed by atoms with van der Waals surface area (Å²) in [7, 11) is 0. The molecule has 0 aliphatic carbocycles. The third-order valence-corrected chi connectivity index (χ3v) is 4.27. The first-order chi connectivity index (χ1) is 11.6. The smallest absolute Gasteiger partial charge is 0.410 e. The number of rotatable bonds is 3. The van der Waals surface area contributed by atoms with Gasteiger partial charge in [0.2, 0.25) is 11.8 Å². The Morgan fingerprint density at radius 1 is 1.24 bits per heavy atom. The molecule has 2 saturated heterocycles. The maximum Gasteiger partial charge on any atom is 0.410 e. The zero-order valence-corrected chi connectivity index (χ0v) is 14.7. The number of nitrogens with zero attached hydrogens (tertiary/aromatic N) is 5. The molecule has 0 aromatic heterocycles. The van der Waals surface area contributed by atoms with Crippen molar-refractivity contribution in [2.45, 2.75) is 63.8 Å². The van der Waals surface area contributed by atoms with Gasteiger partial charge in [0.05, 0.1) is 6.04 Å². The Morgan fingerprint density at radius 3 is 2.48 bits per heavy atom. The first-order valence-electron chi connectivity index (χ1n) is 8.27. The van der Waals surface area contributed by atoms with Crippen molar-refractivity contribution < 1.29 is 19.1 Å². The van der Waals surface area contributed by atoms with E-state index in [-0.39, 0.29) is 18.9 Å². The second kappa shape index (κ2) is 7.18. The van der Waals surface area contributed by atoms with Crippen LogP contribution in [0.15, 0.2) is 5.11 Å². The van der Waals surface area contributed by atoms with Crippen molar-refractivity contribution in [2.24, 2.45) is 10.8 Å². The first-order valence-corrected chi connectivity index (χ1v) is 8.27. The molecule has 3 amide bonds. The maximum absolute atomic E-state index is 12.9. The number of nitrogens with two attached hydrogens (primary N) is 1. The zero-order valence-electron chi connectivity index (χ0n) is 14.7. The van der Waals surface area contributed by atoms with E-state index in [1.807, 2.05) is 0 Å². The summed E-state index contributed by atoms with van der Waals surface area (Å²) in [5, 5.41) is 3.63. The molecule has 2 aliphatic rings. The van der Waals surface area contributed by atoms with Gasteiger partial charge in [0.15, 0.2) is 0 Å². The normalized spacial score (nSPS) is 26.3. The average molecular weight is 352 g/mol. The third-order valence-electron chi connectivity index (χ3n) is 4.27. The Bertz CT molecular complexity index is 610. The van der Waals surface area contributed by atoms with E-state index in [9.17, 15) is 14.4 Å². The lowest BCUT2D eigenvalue weighted by Crippen LogP contribution is -2.52. The molecule has 0 aromatic rings. The molecule has 2 aliphatic heterocycles. The number of carbonyl (C=O) groups excluding carboxylic acids is 3. The van der Waals surface area contributed by atoms with Crippen molar-refractivity contribution in [3.8, 4) is 0 Å². The minimum absolute atomic E-state index is 0.102.